The molecule has 2 aromatic rings. The summed E-state index contributed by atoms with van der Waals surface area (Å²) in [6, 6.07) is 6.04. The van der Waals surface area contributed by atoms with Gasteiger partial charge in [-0.2, -0.15) is 5.10 Å². The fraction of sp³-hybridized carbons (Fsp3) is 0.308. The molecule has 4 heteroatoms. The second kappa shape index (κ2) is 4.30. The monoisotopic (exact) mass is 234 g/mol. The molecule has 1 N–H and O–H groups in total. The Balaban J connectivity index is 2.51. The van der Waals surface area contributed by atoms with E-state index < -0.39 is 5.60 Å². The van der Waals surface area contributed by atoms with E-state index in [2.05, 4.69) is 5.10 Å². The van der Waals surface area contributed by atoms with Crippen molar-refractivity contribution in [3.63, 3.8) is 0 Å². The number of hydrogen-bond acceptors (Lipinski definition) is 2. The number of aliphatic hydroxyl groups is 1. The maximum absolute atomic E-state index is 13.2. The number of rotatable bonds is 3. The van der Waals surface area contributed by atoms with Crippen LogP contribution in [0.5, 0.6) is 0 Å². The molecular weight excluding hydrogens is 219 g/mol. The zero-order valence-corrected chi connectivity index (χ0v) is 9.89. The molecule has 1 unspecified atom stereocenters. The van der Waals surface area contributed by atoms with Crippen LogP contribution in [0.15, 0.2) is 36.7 Å². The molecule has 90 valence electrons. The van der Waals surface area contributed by atoms with Crippen molar-refractivity contribution in [2.24, 2.45) is 7.05 Å². The van der Waals surface area contributed by atoms with Crippen LogP contribution in [-0.4, -0.2) is 14.9 Å². The Kier molecular flexibility index (Phi) is 2.98. The Morgan fingerprint density at radius 3 is 2.71 bits per heavy atom. The van der Waals surface area contributed by atoms with Crippen molar-refractivity contribution >= 4 is 0 Å². The summed E-state index contributed by atoms with van der Waals surface area (Å²) in [5.74, 6) is -0.349. The average Bonchev–Trinajstić information content (AvgIpc) is 2.75. The van der Waals surface area contributed by atoms with Crippen LogP contribution < -0.4 is 0 Å². The summed E-state index contributed by atoms with van der Waals surface area (Å²) >= 11 is 0. The number of benzene rings is 1. The van der Waals surface area contributed by atoms with E-state index in [1.165, 1.54) is 12.1 Å². The van der Waals surface area contributed by atoms with Crippen LogP contribution in [0.1, 0.15) is 24.5 Å². The van der Waals surface area contributed by atoms with E-state index >= 15 is 0 Å². The first-order valence-electron chi connectivity index (χ1n) is 5.54. The average molecular weight is 234 g/mol. The van der Waals surface area contributed by atoms with Gasteiger partial charge in [0.15, 0.2) is 0 Å². The fourth-order valence-electron chi connectivity index (χ4n) is 1.96. The molecule has 0 aliphatic heterocycles. The molecule has 0 aliphatic rings. The number of aromatic nitrogens is 2. The maximum atomic E-state index is 13.2. The fourth-order valence-corrected chi connectivity index (χ4v) is 1.96. The number of hydrogen-bond donors (Lipinski definition) is 1. The molecule has 3 nitrogen and oxygen atoms in total. The van der Waals surface area contributed by atoms with Crippen molar-refractivity contribution in [3.8, 4) is 0 Å². The van der Waals surface area contributed by atoms with Crippen LogP contribution in [0.4, 0.5) is 4.39 Å². The predicted octanol–water partition coefficient (Wildman–Crippen LogP) is 2.21. The van der Waals surface area contributed by atoms with Gasteiger partial charge in [-0.3, -0.25) is 4.68 Å². The van der Waals surface area contributed by atoms with Crippen LogP contribution in [0.2, 0.25) is 0 Å². The van der Waals surface area contributed by atoms with Gasteiger partial charge < -0.3 is 5.11 Å². The Hall–Kier alpha value is -1.68. The highest BCUT2D eigenvalue weighted by molar-refractivity contribution is 5.33. The third-order valence-electron chi connectivity index (χ3n) is 3.00. The van der Waals surface area contributed by atoms with Gasteiger partial charge in [0.05, 0.1) is 6.20 Å². The molecule has 1 aromatic carbocycles. The second-order valence-corrected chi connectivity index (χ2v) is 4.13. The Morgan fingerprint density at radius 1 is 1.41 bits per heavy atom. The highest BCUT2D eigenvalue weighted by atomic mass is 19.1. The molecule has 0 aliphatic carbocycles. The zero-order valence-electron chi connectivity index (χ0n) is 9.89. The van der Waals surface area contributed by atoms with Crippen molar-refractivity contribution in [2.75, 3.05) is 0 Å². The molecule has 0 spiro atoms. The van der Waals surface area contributed by atoms with Crippen LogP contribution in [-0.2, 0) is 12.6 Å². The summed E-state index contributed by atoms with van der Waals surface area (Å²) < 4.78 is 14.8. The highest BCUT2D eigenvalue weighted by Gasteiger charge is 2.31. The van der Waals surface area contributed by atoms with E-state index in [0.717, 1.165) is 0 Å². The quantitative estimate of drug-likeness (QED) is 0.884. The number of halogens is 1. The molecule has 17 heavy (non-hydrogen) atoms. The van der Waals surface area contributed by atoms with Gasteiger partial charge in [0.2, 0.25) is 0 Å². The molecule has 0 radical (unpaired) electrons. The smallest absolute Gasteiger partial charge is 0.123 e. The summed E-state index contributed by atoms with van der Waals surface area (Å²) in [5, 5.41) is 14.7. The normalized spacial score (nSPS) is 14.6. The van der Waals surface area contributed by atoms with Crippen LogP contribution in [0, 0.1) is 5.82 Å². The van der Waals surface area contributed by atoms with Crippen LogP contribution >= 0.6 is 0 Å². The summed E-state index contributed by atoms with van der Waals surface area (Å²) in [6.45, 7) is 1.86. The molecule has 0 saturated heterocycles. The topological polar surface area (TPSA) is 38.1 Å². The van der Waals surface area contributed by atoms with Crippen LogP contribution in [0.25, 0.3) is 0 Å². The van der Waals surface area contributed by atoms with Crippen molar-refractivity contribution < 1.29 is 9.50 Å². The lowest BCUT2D eigenvalue weighted by molar-refractivity contribution is 0.0761. The van der Waals surface area contributed by atoms with Crippen molar-refractivity contribution in [1.29, 1.82) is 0 Å². The van der Waals surface area contributed by atoms with E-state index in [1.54, 1.807) is 36.3 Å². The molecule has 0 amide bonds. The lowest BCUT2D eigenvalue weighted by atomic mass is 9.86. The van der Waals surface area contributed by atoms with Crippen molar-refractivity contribution in [1.82, 2.24) is 9.78 Å². The number of nitrogens with zero attached hydrogens (tertiary/aromatic N) is 2. The van der Waals surface area contributed by atoms with Gasteiger partial charge in [0.1, 0.15) is 11.4 Å². The summed E-state index contributed by atoms with van der Waals surface area (Å²) in [7, 11) is 1.78. The first kappa shape index (κ1) is 11.8. The Morgan fingerprint density at radius 2 is 2.18 bits per heavy atom. The van der Waals surface area contributed by atoms with Gasteiger partial charge in [-0.1, -0.05) is 19.1 Å². The van der Waals surface area contributed by atoms with Gasteiger partial charge in [0, 0.05) is 18.8 Å². The lowest BCUT2D eigenvalue weighted by Gasteiger charge is -2.26. The standard InChI is InChI=1S/C13H15FN2O/c1-3-13(17,11-8-15-16(2)9-11)10-5-4-6-12(14)7-10/h4-9,17H,3H2,1-2H3. The van der Waals surface area contributed by atoms with E-state index in [1.807, 2.05) is 6.92 Å². The maximum Gasteiger partial charge on any atom is 0.123 e. The minimum Gasteiger partial charge on any atom is -0.380 e. The SMILES string of the molecule is CCC(O)(c1cccc(F)c1)c1cnn(C)c1. The Bertz CT molecular complexity index is 524. The van der Waals surface area contributed by atoms with E-state index in [0.29, 0.717) is 17.5 Å². The molecule has 0 saturated carbocycles. The molecule has 1 heterocycles. The molecule has 0 bridgehead atoms. The van der Waals surface area contributed by atoms with E-state index in [-0.39, 0.29) is 5.82 Å². The summed E-state index contributed by atoms with van der Waals surface area (Å²) in [5.41, 5.74) is 0.0391. The van der Waals surface area contributed by atoms with Gasteiger partial charge in [-0.15, -0.1) is 0 Å². The van der Waals surface area contributed by atoms with Gasteiger partial charge in [-0.05, 0) is 24.1 Å². The molecule has 1 atom stereocenters. The molecule has 2 rings (SSSR count). The molecule has 0 fully saturated rings. The third-order valence-corrected chi connectivity index (χ3v) is 3.00. The van der Waals surface area contributed by atoms with Gasteiger partial charge >= 0.3 is 0 Å². The van der Waals surface area contributed by atoms with E-state index in [9.17, 15) is 9.50 Å². The van der Waals surface area contributed by atoms with Crippen molar-refractivity contribution in [3.05, 3.63) is 53.6 Å². The number of aryl methyl sites for hydroxylation is 1. The highest BCUT2D eigenvalue weighted by Crippen LogP contribution is 2.32. The first-order valence-corrected chi connectivity index (χ1v) is 5.54. The van der Waals surface area contributed by atoms with Gasteiger partial charge in [-0.25, -0.2) is 4.39 Å². The van der Waals surface area contributed by atoms with Crippen LogP contribution in [0.3, 0.4) is 0 Å². The van der Waals surface area contributed by atoms with Gasteiger partial charge in [0.25, 0.3) is 0 Å². The zero-order chi connectivity index (χ0) is 12.5. The first-order chi connectivity index (χ1) is 8.06. The molecular formula is C13H15FN2O. The van der Waals surface area contributed by atoms with E-state index in [4.69, 9.17) is 0 Å². The predicted molar refractivity (Wildman–Crippen MR) is 62.9 cm³/mol. The minimum atomic E-state index is -1.18. The molecule has 1 aromatic heterocycles. The van der Waals surface area contributed by atoms with Crippen molar-refractivity contribution in [2.45, 2.75) is 18.9 Å². The third kappa shape index (κ3) is 2.08. The summed E-state index contributed by atoms with van der Waals surface area (Å²) in [6.07, 6.45) is 3.81. The lowest BCUT2D eigenvalue weighted by Crippen LogP contribution is -2.25. The summed E-state index contributed by atoms with van der Waals surface area (Å²) in [4.78, 5) is 0. The Labute approximate surface area is 99.5 Å². The largest absolute Gasteiger partial charge is 0.380 e. The second-order valence-electron chi connectivity index (χ2n) is 4.13. The minimum absolute atomic E-state index is 0.349.